The summed E-state index contributed by atoms with van der Waals surface area (Å²) in [7, 11) is 1.58. The number of ether oxygens (including phenoxy) is 2. The lowest BCUT2D eigenvalue weighted by molar-refractivity contribution is 0.0948. The van der Waals surface area contributed by atoms with Crippen LogP contribution in [0.1, 0.15) is 50.5 Å². The van der Waals surface area contributed by atoms with Crippen molar-refractivity contribution in [3.8, 4) is 11.5 Å². The molecule has 4 aromatic rings. The summed E-state index contributed by atoms with van der Waals surface area (Å²) in [5, 5.41) is 4.78. The van der Waals surface area contributed by atoms with Crippen LogP contribution in [-0.4, -0.2) is 19.2 Å². The molecule has 2 aromatic heterocycles. The van der Waals surface area contributed by atoms with E-state index in [1.165, 1.54) is 4.88 Å². The Balaban J connectivity index is 1.38. The zero-order valence-electron chi connectivity index (χ0n) is 21.1. The Morgan fingerprint density at radius 3 is 2.79 bits per heavy atom. The Bertz CT molecular complexity index is 1520. The van der Waals surface area contributed by atoms with Crippen LogP contribution in [0.2, 0.25) is 10.0 Å². The number of carbonyl (C=O) groups excluding carboxylic acids is 1. The first kappa shape index (κ1) is 27.8. The lowest BCUT2D eigenvalue weighted by Crippen LogP contribution is -2.23. The van der Waals surface area contributed by atoms with Gasteiger partial charge in [0.1, 0.15) is 17.4 Å². The molecule has 0 unspecified atom stereocenters. The first-order chi connectivity index (χ1) is 18.9. The zero-order valence-corrected chi connectivity index (χ0v) is 25.0. The molecule has 5 rings (SSSR count). The molecule has 0 saturated heterocycles. The average molecular weight is 648 g/mol. The molecule has 0 aliphatic heterocycles. The summed E-state index contributed by atoms with van der Waals surface area (Å²) >= 11 is 17.5. The molecule has 1 aliphatic rings. The molecular weight excluding hydrogens is 623 g/mol. The maximum absolute atomic E-state index is 13.3. The van der Waals surface area contributed by atoms with Crippen molar-refractivity contribution in [2.75, 3.05) is 7.11 Å². The number of rotatable bonds is 9. The Labute approximate surface area is 249 Å². The van der Waals surface area contributed by atoms with Gasteiger partial charge in [0.05, 0.1) is 25.5 Å². The first-order valence-corrected chi connectivity index (χ1v) is 14.7. The molecule has 2 heterocycles. The van der Waals surface area contributed by atoms with Crippen LogP contribution in [0.25, 0.3) is 0 Å². The lowest BCUT2D eigenvalue weighted by atomic mass is 9.95. The van der Waals surface area contributed by atoms with E-state index in [1.807, 2.05) is 24.3 Å². The Kier molecular flexibility index (Phi) is 8.97. The van der Waals surface area contributed by atoms with Gasteiger partial charge in [-0.2, -0.15) is 0 Å². The average Bonchev–Trinajstić information content (AvgIpc) is 3.58. The highest BCUT2D eigenvalue weighted by Crippen LogP contribution is 2.40. The van der Waals surface area contributed by atoms with Gasteiger partial charge in [0.15, 0.2) is 11.5 Å². The minimum absolute atomic E-state index is 0.140. The Morgan fingerprint density at radius 1 is 1.18 bits per heavy atom. The van der Waals surface area contributed by atoms with Gasteiger partial charge < -0.3 is 19.2 Å². The third kappa shape index (κ3) is 6.52. The van der Waals surface area contributed by atoms with Crippen molar-refractivity contribution >= 4 is 67.6 Å². The number of thiophene rings is 1. The molecule has 1 aliphatic carbocycles. The number of fused-ring (bicyclic) bond motifs is 1. The molecule has 202 valence electrons. The van der Waals surface area contributed by atoms with E-state index >= 15 is 0 Å². The van der Waals surface area contributed by atoms with Crippen LogP contribution in [0.3, 0.4) is 0 Å². The minimum Gasteiger partial charge on any atom is -0.493 e. The molecule has 2 aromatic carbocycles. The predicted octanol–water partition coefficient (Wildman–Crippen LogP) is 8.56. The number of hydrogen-bond donors (Lipinski definition) is 1. The van der Waals surface area contributed by atoms with E-state index in [4.69, 9.17) is 42.1 Å². The monoisotopic (exact) mass is 646 g/mol. The van der Waals surface area contributed by atoms with Crippen LogP contribution >= 0.6 is 50.5 Å². The van der Waals surface area contributed by atoms with Crippen LogP contribution < -0.4 is 14.8 Å². The Hall–Kier alpha value is -2.78. The molecule has 0 radical (unpaired) electrons. The second kappa shape index (κ2) is 12.6. The van der Waals surface area contributed by atoms with Crippen LogP contribution in [0.4, 0.5) is 5.00 Å². The van der Waals surface area contributed by atoms with E-state index in [0.29, 0.717) is 44.4 Å². The van der Waals surface area contributed by atoms with Gasteiger partial charge in [-0.3, -0.25) is 4.79 Å². The smallest absolute Gasteiger partial charge is 0.255 e. The molecule has 0 fully saturated rings. The molecule has 1 N–H and O–H groups in total. The summed E-state index contributed by atoms with van der Waals surface area (Å²) in [4.78, 5) is 19.3. The molecule has 0 spiro atoms. The normalized spacial score (nSPS) is 12.9. The number of nitrogens with one attached hydrogen (secondary N) is 1. The number of carbonyl (C=O) groups is 1. The molecule has 0 atom stereocenters. The van der Waals surface area contributed by atoms with Crippen molar-refractivity contribution in [1.29, 1.82) is 0 Å². The van der Waals surface area contributed by atoms with Gasteiger partial charge in [0.2, 0.25) is 0 Å². The quantitative estimate of drug-likeness (QED) is 0.185. The molecule has 39 heavy (non-hydrogen) atoms. The second-order valence-electron chi connectivity index (χ2n) is 8.96. The van der Waals surface area contributed by atoms with Crippen LogP contribution in [0, 0.1) is 0 Å². The number of nitrogens with zero attached hydrogens (tertiary/aromatic N) is 1. The maximum atomic E-state index is 13.3. The molecule has 0 bridgehead atoms. The highest BCUT2D eigenvalue weighted by Gasteiger charge is 2.25. The molecule has 0 saturated carbocycles. The summed E-state index contributed by atoms with van der Waals surface area (Å²) in [6, 6.07) is 12.6. The van der Waals surface area contributed by atoms with Crippen LogP contribution in [0.5, 0.6) is 11.5 Å². The van der Waals surface area contributed by atoms with E-state index in [9.17, 15) is 4.79 Å². The van der Waals surface area contributed by atoms with Crippen molar-refractivity contribution in [3.63, 3.8) is 0 Å². The number of methoxy groups -OCH3 is 1. The topological polar surface area (TPSA) is 73.1 Å². The van der Waals surface area contributed by atoms with Crippen molar-refractivity contribution in [2.45, 2.75) is 38.8 Å². The zero-order chi connectivity index (χ0) is 27.4. The number of aliphatic imine (C=N–C) groups is 1. The minimum atomic E-state index is -0.140. The third-order valence-electron chi connectivity index (χ3n) is 6.39. The molecule has 10 heteroatoms. The second-order valence-corrected chi connectivity index (χ2v) is 11.7. The van der Waals surface area contributed by atoms with Crippen LogP contribution in [0.15, 0.2) is 62.6 Å². The fourth-order valence-electron chi connectivity index (χ4n) is 4.39. The van der Waals surface area contributed by atoms with Gasteiger partial charge in [0, 0.05) is 36.7 Å². The van der Waals surface area contributed by atoms with Gasteiger partial charge in [-0.25, -0.2) is 4.99 Å². The number of hydrogen-bond acceptors (Lipinski definition) is 6. The molecular formula is C29H25BrCl2N2O4S. The van der Waals surface area contributed by atoms with Gasteiger partial charge in [-0.1, -0.05) is 29.3 Å². The van der Waals surface area contributed by atoms with Crippen molar-refractivity contribution in [1.82, 2.24) is 5.32 Å². The summed E-state index contributed by atoms with van der Waals surface area (Å²) in [6.07, 6.45) is 7.37. The molecule has 6 nitrogen and oxygen atoms in total. The largest absolute Gasteiger partial charge is 0.493 e. The summed E-state index contributed by atoms with van der Waals surface area (Å²) in [6.45, 7) is 0.578. The standard InChI is InChI=1S/C29H25BrCl2N2O4S/c1-36-24-11-18(22(30)13-25(24)38-16-17-8-9-19(31)12-23(17)32)14-34-29-27(21-6-2-3-7-26(21)39-29)28(35)33-15-20-5-4-10-37-20/h4-5,8-14H,2-3,6-7,15-16H2,1H3,(H,33,35). The highest BCUT2D eigenvalue weighted by atomic mass is 79.9. The SMILES string of the molecule is COc1cc(C=Nc2sc3c(c2C(=O)NCc2ccco2)CCCC3)c(Br)cc1OCc1ccc(Cl)cc1Cl. The van der Waals surface area contributed by atoms with E-state index in [-0.39, 0.29) is 12.5 Å². The van der Waals surface area contributed by atoms with E-state index < -0.39 is 0 Å². The van der Waals surface area contributed by atoms with Gasteiger partial charge in [-0.15, -0.1) is 11.3 Å². The van der Waals surface area contributed by atoms with Crippen LogP contribution in [-0.2, 0) is 26.0 Å². The van der Waals surface area contributed by atoms with Gasteiger partial charge in [-0.05, 0) is 83.6 Å². The molecule has 1 amide bonds. The number of halogens is 3. The number of benzene rings is 2. The van der Waals surface area contributed by atoms with Gasteiger partial charge in [0.25, 0.3) is 5.91 Å². The summed E-state index contributed by atoms with van der Waals surface area (Å²) < 4.78 is 17.7. The highest BCUT2D eigenvalue weighted by molar-refractivity contribution is 9.10. The summed E-state index contributed by atoms with van der Waals surface area (Å²) in [5.74, 6) is 1.66. The number of furan rings is 1. The van der Waals surface area contributed by atoms with Crippen molar-refractivity contribution in [3.05, 3.63) is 96.1 Å². The van der Waals surface area contributed by atoms with Crippen molar-refractivity contribution < 1.29 is 18.7 Å². The first-order valence-electron chi connectivity index (χ1n) is 12.4. The maximum Gasteiger partial charge on any atom is 0.255 e. The number of aryl methyl sites for hydroxylation is 1. The lowest BCUT2D eigenvalue weighted by Gasteiger charge is -2.13. The number of amides is 1. The van der Waals surface area contributed by atoms with Crippen molar-refractivity contribution in [2.24, 2.45) is 4.99 Å². The fourth-order valence-corrected chi connectivity index (χ4v) is 6.51. The predicted molar refractivity (Wildman–Crippen MR) is 160 cm³/mol. The Morgan fingerprint density at radius 2 is 2.03 bits per heavy atom. The van der Waals surface area contributed by atoms with E-state index in [0.717, 1.165) is 46.8 Å². The van der Waals surface area contributed by atoms with E-state index in [2.05, 4.69) is 21.2 Å². The summed E-state index contributed by atoms with van der Waals surface area (Å²) in [5.41, 5.74) is 3.36. The fraction of sp³-hybridized carbons (Fsp3) is 0.241. The third-order valence-corrected chi connectivity index (χ3v) is 8.86. The van der Waals surface area contributed by atoms with Gasteiger partial charge >= 0.3 is 0 Å². The van der Waals surface area contributed by atoms with E-state index in [1.54, 1.807) is 49.1 Å².